The van der Waals surface area contributed by atoms with Crippen molar-refractivity contribution in [2.75, 3.05) is 5.75 Å². The van der Waals surface area contributed by atoms with Gasteiger partial charge in [-0.2, -0.15) is 13.7 Å². The fraction of sp³-hybridized carbons (Fsp3) is 0.667. The summed E-state index contributed by atoms with van der Waals surface area (Å²) in [6.07, 6.45) is 6.97. The number of hydrogen-bond acceptors (Lipinski definition) is 5. The van der Waals surface area contributed by atoms with Gasteiger partial charge in [0.15, 0.2) is 5.71 Å². The van der Waals surface area contributed by atoms with Crippen molar-refractivity contribution in [1.82, 2.24) is 0 Å². The Bertz CT molecular complexity index is 472. The lowest BCUT2D eigenvalue weighted by molar-refractivity contribution is 0.338. The molecule has 0 atom stereocenters. The molecule has 1 aliphatic rings. The first-order chi connectivity index (χ1) is 8.59. The van der Waals surface area contributed by atoms with Gasteiger partial charge in [0.05, 0.1) is 5.75 Å². The zero-order chi connectivity index (χ0) is 13.4. The van der Waals surface area contributed by atoms with Crippen LogP contribution in [-0.4, -0.2) is 19.9 Å². The maximum atomic E-state index is 11.4. The molecule has 0 saturated heterocycles. The highest BCUT2D eigenvalue weighted by Crippen LogP contribution is 2.18. The molecule has 0 N–H and O–H groups in total. The summed E-state index contributed by atoms with van der Waals surface area (Å²) in [5.74, 6) is -0.0647. The van der Waals surface area contributed by atoms with Gasteiger partial charge in [-0.3, -0.25) is 4.28 Å². The average molecular weight is 270 g/mol. The van der Waals surface area contributed by atoms with E-state index in [-0.39, 0.29) is 11.5 Å². The summed E-state index contributed by atoms with van der Waals surface area (Å²) >= 11 is 0. The summed E-state index contributed by atoms with van der Waals surface area (Å²) in [7, 11) is -3.65. The fourth-order valence-corrected chi connectivity index (χ4v) is 2.56. The van der Waals surface area contributed by atoms with Gasteiger partial charge >= 0.3 is 10.1 Å². The lowest BCUT2D eigenvalue weighted by atomic mass is 9.97. The zero-order valence-electron chi connectivity index (χ0n) is 10.6. The van der Waals surface area contributed by atoms with Crippen molar-refractivity contribution in [2.24, 2.45) is 5.16 Å². The van der Waals surface area contributed by atoms with Crippen molar-refractivity contribution in [3.8, 4) is 6.07 Å². The van der Waals surface area contributed by atoms with E-state index in [1.165, 1.54) is 0 Å². The third-order valence-electron chi connectivity index (χ3n) is 2.69. The highest BCUT2D eigenvalue weighted by Gasteiger charge is 2.14. The maximum Gasteiger partial charge on any atom is 0.328 e. The van der Waals surface area contributed by atoms with Crippen LogP contribution in [0.4, 0.5) is 0 Å². The van der Waals surface area contributed by atoms with E-state index >= 15 is 0 Å². The predicted octanol–water partition coefficient (Wildman–Crippen LogP) is 2.51. The first-order valence-corrected chi connectivity index (χ1v) is 7.75. The normalized spacial score (nSPS) is 16.9. The lowest BCUT2D eigenvalue weighted by Gasteiger charge is -2.10. The molecule has 0 aromatic carbocycles. The SMILES string of the molecule is CCCCS(=O)(=O)O/N=C(\C#N)C1=CCCCC1. The van der Waals surface area contributed by atoms with Crippen LogP contribution in [-0.2, 0) is 14.4 Å². The standard InChI is InChI=1S/C12H18N2O3S/c1-2-3-9-18(15,16)17-14-12(10-13)11-7-5-4-6-8-11/h7H,2-6,8-9H2,1H3/b14-12+. The molecule has 0 fully saturated rings. The molecule has 0 spiro atoms. The number of unbranched alkanes of at least 4 members (excludes halogenated alkanes) is 1. The Labute approximate surface area is 108 Å². The van der Waals surface area contributed by atoms with Crippen LogP contribution in [0, 0.1) is 11.3 Å². The molecular weight excluding hydrogens is 252 g/mol. The Morgan fingerprint density at radius 2 is 2.33 bits per heavy atom. The number of allylic oxidation sites excluding steroid dienone is 2. The van der Waals surface area contributed by atoms with Crippen LogP contribution in [0.1, 0.15) is 45.4 Å². The molecule has 100 valence electrons. The largest absolute Gasteiger partial charge is 0.328 e. The van der Waals surface area contributed by atoms with Crippen LogP contribution in [0.25, 0.3) is 0 Å². The van der Waals surface area contributed by atoms with Gasteiger partial charge < -0.3 is 0 Å². The van der Waals surface area contributed by atoms with Crippen LogP contribution in [0.2, 0.25) is 0 Å². The monoisotopic (exact) mass is 270 g/mol. The molecule has 6 heteroatoms. The van der Waals surface area contributed by atoms with Gasteiger partial charge in [0.1, 0.15) is 6.07 Å². The molecule has 1 aliphatic carbocycles. The third kappa shape index (κ3) is 4.88. The third-order valence-corrected chi connectivity index (χ3v) is 3.78. The van der Waals surface area contributed by atoms with Crippen molar-refractivity contribution >= 4 is 15.8 Å². The quantitative estimate of drug-likeness (QED) is 0.548. The van der Waals surface area contributed by atoms with E-state index in [1.54, 1.807) is 0 Å². The minimum absolute atomic E-state index is 0.0647. The van der Waals surface area contributed by atoms with Gasteiger partial charge in [0, 0.05) is 0 Å². The molecule has 0 bridgehead atoms. The lowest BCUT2D eigenvalue weighted by Crippen LogP contribution is -2.10. The summed E-state index contributed by atoms with van der Waals surface area (Å²) < 4.78 is 27.4. The fourth-order valence-electron chi connectivity index (χ4n) is 1.66. The van der Waals surface area contributed by atoms with Crippen LogP contribution < -0.4 is 0 Å². The summed E-state index contributed by atoms with van der Waals surface area (Å²) in [5.41, 5.74) is 0.865. The van der Waals surface area contributed by atoms with Crippen LogP contribution in [0.3, 0.4) is 0 Å². The molecule has 1 rings (SSSR count). The van der Waals surface area contributed by atoms with Crippen LogP contribution in [0.5, 0.6) is 0 Å². The second-order valence-corrected chi connectivity index (χ2v) is 5.89. The van der Waals surface area contributed by atoms with E-state index in [9.17, 15) is 8.42 Å². The highest BCUT2D eigenvalue weighted by molar-refractivity contribution is 7.86. The van der Waals surface area contributed by atoms with E-state index in [1.807, 2.05) is 19.1 Å². The van der Waals surface area contributed by atoms with Crippen LogP contribution in [0.15, 0.2) is 16.8 Å². The molecule has 0 radical (unpaired) electrons. The topological polar surface area (TPSA) is 79.5 Å². The minimum Gasteiger partial charge on any atom is -0.267 e. The summed E-state index contributed by atoms with van der Waals surface area (Å²) in [4.78, 5) is 0. The molecule has 0 aliphatic heterocycles. The molecule has 0 unspecified atom stereocenters. The van der Waals surface area contributed by atoms with Gasteiger partial charge in [-0.05, 0) is 37.7 Å². The van der Waals surface area contributed by atoms with Crippen molar-refractivity contribution in [2.45, 2.75) is 45.4 Å². The number of rotatable bonds is 6. The van der Waals surface area contributed by atoms with Crippen molar-refractivity contribution in [1.29, 1.82) is 5.26 Å². The highest BCUT2D eigenvalue weighted by atomic mass is 32.2. The predicted molar refractivity (Wildman–Crippen MR) is 69.4 cm³/mol. The average Bonchev–Trinajstić information content (AvgIpc) is 2.38. The Balaban J connectivity index is 2.69. The van der Waals surface area contributed by atoms with E-state index in [2.05, 4.69) is 9.44 Å². The summed E-state index contributed by atoms with van der Waals surface area (Å²) in [6, 6.07) is 1.89. The smallest absolute Gasteiger partial charge is 0.267 e. The molecule has 0 saturated carbocycles. The van der Waals surface area contributed by atoms with Gasteiger partial charge in [-0.15, -0.1) is 0 Å². The maximum absolute atomic E-state index is 11.4. The first kappa shape index (κ1) is 14.7. The van der Waals surface area contributed by atoms with E-state index in [0.717, 1.165) is 37.7 Å². The van der Waals surface area contributed by atoms with E-state index in [0.29, 0.717) is 6.42 Å². The summed E-state index contributed by atoms with van der Waals surface area (Å²) in [5, 5.41) is 12.4. The molecule has 0 heterocycles. The number of oxime groups is 1. The van der Waals surface area contributed by atoms with Crippen molar-refractivity contribution in [3.05, 3.63) is 11.6 Å². The summed E-state index contributed by atoms with van der Waals surface area (Å²) in [6.45, 7) is 1.90. The zero-order valence-corrected chi connectivity index (χ0v) is 11.4. The second-order valence-electron chi connectivity index (χ2n) is 4.22. The Morgan fingerprint density at radius 3 is 2.89 bits per heavy atom. The number of hydrogen-bond donors (Lipinski definition) is 0. The molecular formula is C12H18N2O3S. The molecule has 0 aromatic rings. The first-order valence-electron chi connectivity index (χ1n) is 6.18. The Morgan fingerprint density at radius 1 is 1.56 bits per heavy atom. The molecule has 0 aromatic heterocycles. The van der Waals surface area contributed by atoms with Gasteiger partial charge in [0.25, 0.3) is 0 Å². The van der Waals surface area contributed by atoms with Crippen molar-refractivity contribution in [3.63, 3.8) is 0 Å². The number of nitrogens with zero attached hydrogens (tertiary/aromatic N) is 2. The molecule has 0 amide bonds. The number of nitriles is 1. The van der Waals surface area contributed by atoms with Gasteiger partial charge in [0.2, 0.25) is 0 Å². The van der Waals surface area contributed by atoms with Crippen molar-refractivity contribution < 1.29 is 12.7 Å². The Hall–Kier alpha value is -1.35. The van der Waals surface area contributed by atoms with E-state index in [4.69, 9.17) is 5.26 Å². The molecule has 5 nitrogen and oxygen atoms in total. The Kier molecular flexibility index (Phi) is 5.86. The van der Waals surface area contributed by atoms with Crippen LogP contribution >= 0.6 is 0 Å². The van der Waals surface area contributed by atoms with E-state index < -0.39 is 10.1 Å². The second kappa shape index (κ2) is 7.17. The molecule has 18 heavy (non-hydrogen) atoms. The van der Waals surface area contributed by atoms with Gasteiger partial charge in [-0.25, -0.2) is 0 Å². The minimum atomic E-state index is -3.65. The van der Waals surface area contributed by atoms with Gasteiger partial charge in [-0.1, -0.05) is 24.6 Å².